The Hall–Kier alpha value is -1.52. The first kappa shape index (κ1) is 9.05. The Bertz CT molecular complexity index is 348. The molecule has 1 aromatic heterocycles. The fourth-order valence-electron chi connectivity index (χ4n) is 2.08. The molecule has 5 heteroatoms. The van der Waals surface area contributed by atoms with E-state index < -0.39 is 5.97 Å². The Morgan fingerprint density at radius 3 is 3.00 bits per heavy atom. The molecule has 2 rings (SSSR count). The van der Waals surface area contributed by atoms with Gasteiger partial charge >= 0.3 is 5.97 Å². The highest BCUT2D eigenvalue weighted by Gasteiger charge is 2.34. The third-order valence-corrected chi connectivity index (χ3v) is 2.76. The van der Waals surface area contributed by atoms with Crippen LogP contribution in [-0.2, 0) is 4.79 Å². The summed E-state index contributed by atoms with van der Waals surface area (Å²) in [5.74, 6) is -1.05. The van der Waals surface area contributed by atoms with Gasteiger partial charge in [-0.2, -0.15) is 5.10 Å². The largest absolute Gasteiger partial charge is 0.481 e. The number of aromatic nitrogens is 2. The predicted octanol–water partition coefficient (Wildman–Crippen LogP) is 0.891. The summed E-state index contributed by atoms with van der Waals surface area (Å²) in [6, 6.07) is -0.0233. The average Bonchev–Trinajstić information content (AvgIpc) is 2.70. The number of aliphatic carboxylic acids is 1. The molecule has 2 atom stereocenters. The Labute approximate surface area is 81.5 Å². The van der Waals surface area contributed by atoms with Gasteiger partial charge in [0.25, 0.3) is 0 Å². The normalized spacial score (nSPS) is 26.6. The van der Waals surface area contributed by atoms with Crippen LogP contribution in [-0.4, -0.2) is 20.9 Å². The summed E-state index contributed by atoms with van der Waals surface area (Å²) >= 11 is 0. The van der Waals surface area contributed by atoms with Crippen LogP contribution in [0, 0.1) is 5.92 Å². The molecule has 3 N–H and O–H groups in total. The Morgan fingerprint density at radius 1 is 1.64 bits per heavy atom. The molecule has 1 fully saturated rings. The Kier molecular flexibility index (Phi) is 2.15. The molecule has 2 unspecified atom stereocenters. The number of nitrogens with zero attached hydrogens (tertiary/aromatic N) is 2. The maximum atomic E-state index is 10.9. The minimum Gasteiger partial charge on any atom is -0.481 e. The Morgan fingerprint density at radius 2 is 2.43 bits per heavy atom. The highest BCUT2D eigenvalue weighted by atomic mass is 16.4. The van der Waals surface area contributed by atoms with Gasteiger partial charge < -0.3 is 10.8 Å². The zero-order valence-corrected chi connectivity index (χ0v) is 7.76. The zero-order chi connectivity index (χ0) is 10.1. The van der Waals surface area contributed by atoms with Gasteiger partial charge in [0.05, 0.1) is 23.8 Å². The van der Waals surface area contributed by atoms with Crippen LogP contribution < -0.4 is 5.73 Å². The summed E-state index contributed by atoms with van der Waals surface area (Å²) < 4.78 is 1.68. The van der Waals surface area contributed by atoms with Crippen molar-refractivity contribution in [2.45, 2.75) is 25.3 Å². The molecule has 1 aromatic rings. The summed E-state index contributed by atoms with van der Waals surface area (Å²) in [4.78, 5) is 10.9. The molecule has 0 amide bonds. The van der Waals surface area contributed by atoms with Crippen molar-refractivity contribution >= 4 is 11.7 Å². The van der Waals surface area contributed by atoms with E-state index >= 15 is 0 Å². The standard InChI is InChI=1S/C9H13N3O2/c10-6-4-11-12(5-6)8-3-1-2-7(8)9(13)14/h4-5,7-8H,1-3,10H2,(H,13,14). The lowest BCUT2D eigenvalue weighted by atomic mass is 10.0. The van der Waals surface area contributed by atoms with Crippen molar-refractivity contribution in [1.82, 2.24) is 9.78 Å². The summed E-state index contributed by atoms with van der Waals surface area (Å²) in [6.07, 6.45) is 5.81. The smallest absolute Gasteiger partial charge is 0.308 e. The van der Waals surface area contributed by atoms with Crippen LogP contribution in [0.15, 0.2) is 12.4 Å². The number of carboxylic acids is 1. The van der Waals surface area contributed by atoms with Gasteiger partial charge in [-0.25, -0.2) is 0 Å². The molecule has 1 aliphatic carbocycles. The quantitative estimate of drug-likeness (QED) is 0.734. The lowest BCUT2D eigenvalue weighted by Gasteiger charge is -2.15. The molecular weight excluding hydrogens is 182 g/mol. The molecule has 0 aromatic carbocycles. The molecule has 76 valence electrons. The third-order valence-electron chi connectivity index (χ3n) is 2.76. The highest BCUT2D eigenvalue weighted by Crippen LogP contribution is 2.35. The lowest BCUT2D eigenvalue weighted by molar-refractivity contribution is -0.142. The van der Waals surface area contributed by atoms with Gasteiger partial charge in [0.15, 0.2) is 0 Å². The molecule has 1 saturated carbocycles. The van der Waals surface area contributed by atoms with Crippen molar-refractivity contribution in [2.24, 2.45) is 5.92 Å². The highest BCUT2D eigenvalue weighted by molar-refractivity contribution is 5.71. The van der Waals surface area contributed by atoms with Crippen LogP contribution in [0.4, 0.5) is 5.69 Å². The van der Waals surface area contributed by atoms with E-state index in [9.17, 15) is 4.79 Å². The summed E-state index contributed by atoms with van der Waals surface area (Å²) in [6.45, 7) is 0. The fourth-order valence-corrected chi connectivity index (χ4v) is 2.08. The second-order valence-electron chi connectivity index (χ2n) is 3.70. The minimum absolute atomic E-state index is 0.0233. The van der Waals surface area contributed by atoms with Gasteiger partial charge in [-0.1, -0.05) is 6.42 Å². The summed E-state index contributed by atoms with van der Waals surface area (Å²) in [5, 5.41) is 13.0. The number of hydrogen-bond acceptors (Lipinski definition) is 3. The van der Waals surface area contributed by atoms with Crippen molar-refractivity contribution in [2.75, 3.05) is 5.73 Å². The van der Waals surface area contributed by atoms with E-state index in [0.717, 1.165) is 19.3 Å². The van der Waals surface area contributed by atoms with Crippen LogP contribution in [0.2, 0.25) is 0 Å². The maximum Gasteiger partial charge on any atom is 0.308 e. The van der Waals surface area contributed by atoms with E-state index in [1.165, 1.54) is 0 Å². The molecule has 5 nitrogen and oxygen atoms in total. The maximum absolute atomic E-state index is 10.9. The molecule has 0 spiro atoms. The summed E-state index contributed by atoms with van der Waals surface area (Å²) in [7, 11) is 0. The number of hydrogen-bond donors (Lipinski definition) is 2. The molecule has 0 saturated heterocycles. The number of nitrogen functional groups attached to an aromatic ring is 1. The van der Waals surface area contributed by atoms with E-state index in [1.54, 1.807) is 17.1 Å². The molecule has 0 aliphatic heterocycles. The van der Waals surface area contributed by atoms with E-state index in [-0.39, 0.29) is 12.0 Å². The van der Waals surface area contributed by atoms with Crippen molar-refractivity contribution < 1.29 is 9.90 Å². The van der Waals surface area contributed by atoms with Crippen molar-refractivity contribution in [3.05, 3.63) is 12.4 Å². The van der Waals surface area contributed by atoms with Crippen molar-refractivity contribution in [1.29, 1.82) is 0 Å². The monoisotopic (exact) mass is 195 g/mol. The van der Waals surface area contributed by atoms with Gasteiger partial charge in [0.1, 0.15) is 0 Å². The summed E-state index contributed by atoms with van der Waals surface area (Å²) in [5.41, 5.74) is 6.12. The SMILES string of the molecule is Nc1cnn(C2CCCC2C(=O)O)c1. The molecule has 0 bridgehead atoms. The van der Waals surface area contributed by atoms with E-state index in [1.807, 2.05) is 0 Å². The van der Waals surface area contributed by atoms with Gasteiger partial charge in [-0.3, -0.25) is 9.48 Å². The van der Waals surface area contributed by atoms with Crippen LogP contribution in [0.25, 0.3) is 0 Å². The van der Waals surface area contributed by atoms with E-state index in [2.05, 4.69) is 5.10 Å². The zero-order valence-electron chi connectivity index (χ0n) is 7.76. The first-order valence-corrected chi connectivity index (χ1v) is 4.71. The van der Waals surface area contributed by atoms with Gasteiger partial charge in [0.2, 0.25) is 0 Å². The second-order valence-corrected chi connectivity index (χ2v) is 3.70. The van der Waals surface area contributed by atoms with Crippen molar-refractivity contribution in [3.63, 3.8) is 0 Å². The van der Waals surface area contributed by atoms with Gasteiger partial charge in [-0.15, -0.1) is 0 Å². The molecule has 1 heterocycles. The van der Waals surface area contributed by atoms with Gasteiger partial charge in [-0.05, 0) is 12.8 Å². The second kappa shape index (κ2) is 3.32. The van der Waals surface area contributed by atoms with Crippen LogP contribution in [0.1, 0.15) is 25.3 Å². The number of anilines is 1. The minimum atomic E-state index is -0.735. The number of carbonyl (C=O) groups is 1. The number of nitrogens with two attached hydrogens (primary N) is 1. The first-order valence-electron chi connectivity index (χ1n) is 4.71. The number of rotatable bonds is 2. The lowest BCUT2D eigenvalue weighted by Crippen LogP contribution is -2.21. The van der Waals surface area contributed by atoms with Gasteiger partial charge in [0, 0.05) is 6.20 Å². The average molecular weight is 195 g/mol. The fraction of sp³-hybridized carbons (Fsp3) is 0.556. The van der Waals surface area contributed by atoms with E-state index in [0.29, 0.717) is 5.69 Å². The Balaban J connectivity index is 2.21. The molecular formula is C9H13N3O2. The van der Waals surface area contributed by atoms with Crippen molar-refractivity contribution in [3.8, 4) is 0 Å². The van der Waals surface area contributed by atoms with E-state index in [4.69, 9.17) is 10.8 Å². The van der Waals surface area contributed by atoms with Crippen LogP contribution in [0.5, 0.6) is 0 Å². The molecule has 0 radical (unpaired) electrons. The topological polar surface area (TPSA) is 81.1 Å². The predicted molar refractivity (Wildman–Crippen MR) is 50.7 cm³/mol. The first-order chi connectivity index (χ1) is 6.68. The van der Waals surface area contributed by atoms with Crippen LogP contribution in [0.3, 0.4) is 0 Å². The number of carboxylic acid groups (broad SMARTS) is 1. The molecule has 14 heavy (non-hydrogen) atoms. The third kappa shape index (κ3) is 1.45. The molecule has 1 aliphatic rings. The van der Waals surface area contributed by atoms with Crippen LogP contribution >= 0.6 is 0 Å².